The molecule has 11 heteroatoms. The first-order valence-electron chi connectivity index (χ1n) is 9.06. The Labute approximate surface area is 168 Å². The zero-order valence-corrected chi connectivity index (χ0v) is 16.6. The summed E-state index contributed by atoms with van der Waals surface area (Å²) < 4.78 is 26.7. The molecule has 0 atom stereocenters. The van der Waals surface area contributed by atoms with Gasteiger partial charge >= 0.3 is 0 Å². The van der Waals surface area contributed by atoms with E-state index in [2.05, 4.69) is 9.71 Å². The van der Waals surface area contributed by atoms with Crippen LogP contribution in [0.15, 0.2) is 47.5 Å². The first-order valence-corrected chi connectivity index (χ1v) is 10.5. The van der Waals surface area contributed by atoms with Crippen LogP contribution in [0.4, 0.5) is 11.5 Å². The minimum atomic E-state index is -3.64. The van der Waals surface area contributed by atoms with Gasteiger partial charge in [-0.25, -0.2) is 18.1 Å². The van der Waals surface area contributed by atoms with Gasteiger partial charge in [0.15, 0.2) is 0 Å². The third-order valence-electron chi connectivity index (χ3n) is 4.56. The molecule has 0 aliphatic carbocycles. The molecule has 3 rings (SSSR count). The van der Waals surface area contributed by atoms with Gasteiger partial charge in [0.2, 0.25) is 10.0 Å². The Kier molecular flexibility index (Phi) is 6.09. The molecule has 0 spiro atoms. The van der Waals surface area contributed by atoms with E-state index < -0.39 is 14.9 Å². The van der Waals surface area contributed by atoms with Crippen molar-refractivity contribution < 1.29 is 18.1 Å². The summed E-state index contributed by atoms with van der Waals surface area (Å²) in [6.45, 7) is 3.85. The van der Waals surface area contributed by atoms with Crippen LogP contribution in [-0.2, 0) is 10.0 Å². The zero-order chi connectivity index (χ0) is 21.0. The fourth-order valence-corrected chi connectivity index (χ4v) is 4.15. The van der Waals surface area contributed by atoms with E-state index in [1.165, 1.54) is 24.4 Å². The van der Waals surface area contributed by atoms with E-state index in [4.69, 9.17) is 0 Å². The van der Waals surface area contributed by atoms with Crippen LogP contribution in [-0.4, -0.2) is 61.9 Å². The van der Waals surface area contributed by atoms with Crippen molar-refractivity contribution in [2.75, 3.05) is 37.6 Å². The van der Waals surface area contributed by atoms with Crippen molar-refractivity contribution in [3.8, 4) is 0 Å². The van der Waals surface area contributed by atoms with Gasteiger partial charge in [-0.1, -0.05) is 13.0 Å². The van der Waals surface area contributed by atoms with Gasteiger partial charge in [0.05, 0.1) is 9.82 Å². The molecule has 0 radical (unpaired) electrons. The van der Waals surface area contributed by atoms with Crippen molar-refractivity contribution in [2.45, 2.75) is 11.8 Å². The van der Waals surface area contributed by atoms with E-state index >= 15 is 0 Å². The smallest absolute Gasteiger partial charge is 0.287 e. The highest BCUT2D eigenvalue weighted by Crippen LogP contribution is 2.19. The Balaban J connectivity index is 1.66. The van der Waals surface area contributed by atoms with Crippen LogP contribution in [0.3, 0.4) is 0 Å². The molecule has 1 N–H and O–H groups in total. The van der Waals surface area contributed by atoms with Crippen LogP contribution in [0.1, 0.15) is 17.3 Å². The first kappa shape index (κ1) is 20.7. The maximum atomic E-state index is 12.8. The summed E-state index contributed by atoms with van der Waals surface area (Å²) >= 11 is 0. The highest BCUT2D eigenvalue weighted by Gasteiger charge is 2.24. The molecule has 10 nitrogen and oxygen atoms in total. The Bertz CT molecular complexity index is 1000. The van der Waals surface area contributed by atoms with Crippen LogP contribution in [0.5, 0.6) is 0 Å². The number of benzene rings is 1. The summed E-state index contributed by atoms with van der Waals surface area (Å²) in [6.07, 6.45) is 1.21. The van der Waals surface area contributed by atoms with Gasteiger partial charge in [-0.15, -0.1) is 0 Å². The average molecular weight is 419 g/mol. The number of pyridine rings is 1. The third kappa shape index (κ3) is 4.69. The molecule has 154 valence electrons. The van der Waals surface area contributed by atoms with Gasteiger partial charge in [-0.05, 0) is 24.3 Å². The molecular formula is C18H21N5O5S. The fourth-order valence-electron chi connectivity index (χ4n) is 3.06. The SMILES string of the molecule is CCNS(=O)(=O)c1cccc(C(=O)N2CCN(c3ccc([N+](=O)[O-])cn3)CC2)c1. The van der Waals surface area contributed by atoms with Crippen molar-refractivity contribution in [2.24, 2.45) is 0 Å². The fraction of sp³-hybridized carbons (Fsp3) is 0.333. The zero-order valence-electron chi connectivity index (χ0n) is 15.8. The predicted molar refractivity (Wildman–Crippen MR) is 106 cm³/mol. The van der Waals surface area contributed by atoms with Crippen LogP contribution in [0.2, 0.25) is 0 Å². The number of nitro groups is 1. The van der Waals surface area contributed by atoms with Gasteiger partial charge in [0, 0.05) is 44.4 Å². The van der Waals surface area contributed by atoms with Gasteiger partial charge in [0.1, 0.15) is 12.0 Å². The highest BCUT2D eigenvalue weighted by molar-refractivity contribution is 7.89. The number of rotatable bonds is 6. The lowest BCUT2D eigenvalue weighted by molar-refractivity contribution is -0.385. The summed E-state index contributed by atoms with van der Waals surface area (Å²) in [7, 11) is -3.64. The molecule has 1 aliphatic rings. The van der Waals surface area contributed by atoms with Crippen LogP contribution < -0.4 is 9.62 Å². The van der Waals surface area contributed by atoms with E-state index in [1.807, 2.05) is 4.90 Å². The maximum absolute atomic E-state index is 12.8. The number of sulfonamides is 1. The summed E-state index contributed by atoms with van der Waals surface area (Å²) in [4.78, 5) is 30.8. The monoisotopic (exact) mass is 419 g/mol. The van der Waals surface area contributed by atoms with Gasteiger partial charge in [-0.2, -0.15) is 0 Å². The van der Waals surface area contributed by atoms with E-state index in [0.717, 1.165) is 0 Å². The van der Waals surface area contributed by atoms with E-state index in [0.29, 0.717) is 37.6 Å². The molecule has 29 heavy (non-hydrogen) atoms. The number of carbonyl (C=O) groups is 1. The Morgan fingerprint density at radius 1 is 1.21 bits per heavy atom. The Hall–Kier alpha value is -3.05. The summed E-state index contributed by atoms with van der Waals surface area (Å²) in [6, 6.07) is 8.96. The largest absolute Gasteiger partial charge is 0.353 e. The average Bonchev–Trinajstić information content (AvgIpc) is 2.73. The molecule has 1 fully saturated rings. The molecule has 1 saturated heterocycles. The third-order valence-corrected chi connectivity index (χ3v) is 6.10. The topological polar surface area (TPSA) is 126 Å². The summed E-state index contributed by atoms with van der Waals surface area (Å²) in [5.74, 6) is 0.372. The minimum Gasteiger partial charge on any atom is -0.353 e. The van der Waals surface area contributed by atoms with Crippen molar-refractivity contribution >= 4 is 27.4 Å². The highest BCUT2D eigenvalue weighted by atomic mass is 32.2. The molecular weight excluding hydrogens is 398 g/mol. The molecule has 1 amide bonds. The predicted octanol–water partition coefficient (Wildman–Crippen LogP) is 1.25. The number of piperazine rings is 1. The molecule has 2 heterocycles. The second kappa shape index (κ2) is 8.53. The lowest BCUT2D eigenvalue weighted by Gasteiger charge is -2.35. The lowest BCUT2D eigenvalue weighted by atomic mass is 10.2. The van der Waals surface area contributed by atoms with Crippen LogP contribution >= 0.6 is 0 Å². The quantitative estimate of drug-likeness (QED) is 0.552. The van der Waals surface area contributed by atoms with Gasteiger partial charge in [0.25, 0.3) is 11.6 Å². The number of nitrogens with one attached hydrogen (secondary N) is 1. The van der Waals surface area contributed by atoms with Crippen LogP contribution in [0, 0.1) is 10.1 Å². The van der Waals surface area contributed by atoms with E-state index in [1.54, 1.807) is 30.0 Å². The minimum absolute atomic E-state index is 0.0546. The molecule has 1 aliphatic heterocycles. The van der Waals surface area contributed by atoms with Crippen molar-refractivity contribution in [1.29, 1.82) is 0 Å². The number of nitrogens with zero attached hydrogens (tertiary/aromatic N) is 4. The standard InChI is InChI=1S/C18H21N5O5S/c1-2-20-29(27,28)16-5-3-4-14(12-16)18(24)22-10-8-21(9-11-22)17-7-6-15(13-19-17)23(25)26/h3-7,12-13,20H,2,8-11H2,1H3. The molecule has 0 bridgehead atoms. The van der Waals surface area contributed by atoms with Crippen molar-refractivity contribution in [3.63, 3.8) is 0 Å². The first-order chi connectivity index (χ1) is 13.8. The van der Waals surface area contributed by atoms with E-state index in [-0.39, 0.29) is 23.0 Å². The molecule has 2 aromatic rings. The lowest BCUT2D eigenvalue weighted by Crippen LogP contribution is -2.49. The summed E-state index contributed by atoms with van der Waals surface area (Å²) in [5, 5.41) is 10.7. The van der Waals surface area contributed by atoms with Gasteiger partial charge < -0.3 is 9.80 Å². The molecule has 0 saturated carbocycles. The van der Waals surface area contributed by atoms with E-state index in [9.17, 15) is 23.3 Å². The molecule has 0 unspecified atom stereocenters. The van der Waals surface area contributed by atoms with Crippen molar-refractivity contribution in [3.05, 3.63) is 58.3 Å². The number of hydrogen-bond donors (Lipinski definition) is 1. The number of amides is 1. The Morgan fingerprint density at radius 3 is 2.52 bits per heavy atom. The van der Waals surface area contributed by atoms with Crippen LogP contribution in [0.25, 0.3) is 0 Å². The normalized spacial score (nSPS) is 14.7. The number of aromatic nitrogens is 1. The van der Waals surface area contributed by atoms with Crippen molar-refractivity contribution in [1.82, 2.24) is 14.6 Å². The molecule has 1 aromatic carbocycles. The summed E-state index contributed by atoms with van der Waals surface area (Å²) in [5.41, 5.74) is 0.237. The molecule has 1 aromatic heterocycles. The van der Waals surface area contributed by atoms with Gasteiger partial charge in [-0.3, -0.25) is 14.9 Å². The Morgan fingerprint density at radius 2 is 1.93 bits per heavy atom. The maximum Gasteiger partial charge on any atom is 0.287 e. The number of anilines is 1. The number of hydrogen-bond acceptors (Lipinski definition) is 7. The second-order valence-electron chi connectivity index (χ2n) is 6.44. The number of carbonyl (C=O) groups excluding carboxylic acids is 1. The second-order valence-corrected chi connectivity index (χ2v) is 8.21.